The molecule has 53 valence electrons. The molecule has 0 aliphatic rings. The van der Waals surface area contributed by atoms with Gasteiger partial charge in [0.2, 0.25) is 0 Å². The molecule has 0 amide bonds. The summed E-state index contributed by atoms with van der Waals surface area (Å²) in [5, 5.41) is 0. The Balaban J connectivity index is 3.62. The monoisotopic (exact) mass is 165 g/mol. The van der Waals surface area contributed by atoms with Gasteiger partial charge in [0, 0.05) is 0 Å². The van der Waals surface area contributed by atoms with E-state index in [9.17, 15) is 0 Å². The molecular formula is C6H13O2Ti. The standard InChI is InChI=1S/C6H13O2.Ti/c1-4-5-6(7-2)8-3;/h4-5H2,1-3H3;. The van der Waals surface area contributed by atoms with Gasteiger partial charge in [0.1, 0.15) is 0 Å². The molecule has 0 N–H and O–H groups in total. The fourth-order valence-electron chi connectivity index (χ4n) is 0.617. The van der Waals surface area contributed by atoms with Crippen LogP contribution in [0.4, 0.5) is 0 Å². The number of hydrogen-bond acceptors (Lipinski definition) is 2. The van der Waals surface area contributed by atoms with Crippen LogP contribution < -0.4 is 0 Å². The molecule has 0 spiro atoms. The molecule has 0 aliphatic carbocycles. The quantitative estimate of drug-likeness (QED) is 0.461. The van der Waals surface area contributed by atoms with Crippen LogP contribution in [0.2, 0.25) is 0 Å². The van der Waals surface area contributed by atoms with Crippen LogP contribution in [0.1, 0.15) is 19.8 Å². The van der Waals surface area contributed by atoms with Gasteiger partial charge in [0.15, 0.2) is 0 Å². The van der Waals surface area contributed by atoms with Crippen molar-refractivity contribution < 1.29 is 29.9 Å². The van der Waals surface area contributed by atoms with Gasteiger partial charge in [-0.05, 0) is 0 Å². The zero-order valence-electron chi connectivity index (χ0n) is 6.23. The Bertz CT molecular complexity index is 71.5. The summed E-state index contributed by atoms with van der Waals surface area (Å²) < 4.78 is 9.84. The van der Waals surface area contributed by atoms with E-state index in [0.717, 1.165) is 12.8 Å². The number of rotatable bonds is 4. The Labute approximate surface area is 68.3 Å². The predicted molar refractivity (Wildman–Crippen MR) is 31.7 cm³/mol. The van der Waals surface area contributed by atoms with Gasteiger partial charge in [0.25, 0.3) is 0 Å². The van der Waals surface area contributed by atoms with E-state index in [1.165, 1.54) is 0 Å². The minimum absolute atomic E-state index is 0.366. The summed E-state index contributed by atoms with van der Waals surface area (Å²) in [6.07, 6.45) is 2.03. The predicted octanol–water partition coefficient (Wildman–Crippen LogP) is 1.28. The van der Waals surface area contributed by atoms with Crippen molar-refractivity contribution in [3.05, 3.63) is 0 Å². The van der Waals surface area contributed by atoms with E-state index >= 15 is 0 Å². The summed E-state index contributed by atoms with van der Waals surface area (Å²) in [7, 11) is 3.33. The molecule has 0 atom stereocenters. The first kappa shape index (κ1) is 9.63. The molecule has 0 heterocycles. The summed E-state index contributed by atoms with van der Waals surface area (Å²) in [4.78, 5) is 0. The van der Waals surface area contributed by atoms with Crippen LogP contribution in [0, 0.1) is 0 Å². The van der Waals surface area contributed by atoms with Crippen molar-refractivity contribution in [3.8, 4) is 0 Å². The molecule has 0 radical (unpaired) electrons. The molecule has 0 fully saturated rings. The third-order valence-electron chi connectivity index (χ3n) is 1.24. The van der Waals surface area contributed by atoms with Crippen molar-refractivity contribution in [3.63, 3.8) is 0 Å². The third kappa shape index (κ3) is 3.36. The van der Waals surface area contributed by atoms with Gasteiger partial charge in [-0.25, -0.2) is 0 Å². The second kappa shape index (κ2) is 4.45. The molecule has 0 aromatic rings. The number of ether oxygens (including phenoxy) is 2. The average Bonchev–Trinajstić information content (AvgIpc) is 1.89. The number of methoxy groups -OCH3 is 2. The van der Waals surface area contributed by atoms with Crippen molar-refractivity contribution in [2.75, 3.05) is 14.2 Å². The first-order valence-corrected chi connectivity index (χ1v) is 3.82. The van der Waals surface area contributed by atoms with Crippen LogP contribution in [0.5, 0.6) is 0 Å². The maximum absolute atomic E-state index is 5.11. The van der Waals surface area contributed by atoms with Crippen LogP contribution in [0.25, 0.3) is 0 Å². The number of hydrogen-bond donors (Lipinski definition) is 0. The topological polar surface area (TPSA) is 18.5 Å². The molecule has 0 rings (SSSR count). The fraction of sp³-hybridized carbons (Fsp3) is 1.00. The third-order valence-corrected chi connectivity index (χ3v) is 2.27. The Hall–Kier alpha value is 0.634. The van der Waals surface area contributed by atoms with Crippen molar-refractivity contribution >= 4 is 0 Å². The van der Waals surface area contributed by atoms with Gasteiger partial charge in [-0.3, -0.25) is 0 Å². The van der Waals surface area contributed by atoms with E-state index in [-0.39, 0.29) is 4.09 Å². The Morgan fingerprint density at radius 1 is 1.33 bits per heavy atom. The van der Waals surface area contributed by atoms with E-state index in [1.807, 2.05) is 20.4 Å². The van der Waals surface area contributed by atoms with Crippen LogP contribution in [-0.4, -0.2) is 18.3 Å². The van der Waals surface area contributed by atoms with Gasteiger partial charge in [0.05, 0.1) is 0 Å². The molecular weight excluding hydrogens is 152 g/mol. The van der Waals surface area contributed by atoms with E-state index in [4.69, 9.17) is 9.47 Å². The van der Waals surface area contributed by atoms with Crippen LogP contribution >= 0.6 is 0 Å². The molecule has 0 aromatic carbocycles. The van der Waals surface area contributed by atoms with Crippen molar-refractivity contribution in [1.29, 1.82) is 0 Å². The maximum atomic E-state index is 5.11. The Kier molecular flexibility index (Phi) is 4.76. The van der Waals surface area contributed by atoms with Gasteiger partial charge < -0.3 is 0 Å². The van der Waals surface area contributed by atoms with Gasteiger partial charge in [-0.15, -0.1) is 0 Å². The molecule has 0 unspecified atom stereocenters. The Morgan fingerprint density at radius 2 is 1.78 bits per heavy atom. The van der Waals surface area contributed by atoms with Crippen molar-refractivity contribution in [1.82, 2.24) is 0 Å². The van der Waals surface area contributed by atoms with Gasteiger partial charge >= 0.3 is 68.0 Å². The van der Waals surface area contributed by atoms with Crippen LogP contribution in [0.15, 0.2) is 0 Å². The zero-order valence-corrected chi connectivity index (χ0v) is 7.79. The van der Waals surface area contributed by atoms with Crippen molar-refractivity contribution in [2.45, 2.75) is 23.9 Å². The molecule has 3 heteroatoms. The van der Waals surface area contributed by atoms with E-state index in [2.05, 4.69) is 6.92 Å². The summed E-state index contributed by atoms with van der Waals surface area (Å²) in [6.45, 7) is 2.11. The molecule has 0 bridgehead atoms. The normalized spacial score (nSPS) is 11.8. The molecule has 0 saturated carbocycles. The van der Waals surface area contributed by atoms with Gasteiger partial charge in [-0.2, -0.15) is 0 Å². The second-order valence-electron chi connectivity index (χ2n) is 1.91. The summed E-state index contributed by atoms with van der Waals surface area (Å²) in [5.74, 6) is 0. The zero-order chi connectivity index (χ0) is 7.33. The first-order valence-electron chi connectivity index (χ1n) is 3.04. The summed E-state index contributed by atoms with van der Waals surface area (Å²) >= 11 is 1.94. The SMILES string of the molecule is CCC[C]([Ti])(OC)OC. The van der Waals surface area contributed by atoms with Crippen LogP contribution in [0.3, 0.4) is 0 Å². The van der Waals surface area contributed by atoms with E-state index in [0.29, 0.717) is 0 Å². The minimum atomic E-state index is -0.366. The molecule has 9 heavy (non-hydrogen) atoms. The van der Waals surface area contributed by atoms with E-state index < -0.39 is 0 Å². The molecule has 0 aromatic heterocycles. The Morgan fingerprint density at radius 3 is 1.89 bits per heavy atom. The molecule has 0 saturated heterocycles. The van der Waals surface area contributed by atoms with Crippen molar-refractivity contribution in [2.24, 2.45) is 0 Å². The molecule has 2 nitrogen and oxygen atoms in total. The first-order chi connectivity index (χ1) is 4.18. The molecule has 0 aliphatic heterocycles. The fourth-order valence-corrected chi connectivity index (χ4v) is 1.01. The van der Waals surface area contributed by atoms with Crippen LogP contribution in [-0.2, 0) is 29.9 Å². The summed E-state index contributed by atoms with van der Waals surface area (Å²) in [6, 6.07) is 0. The van der Waals surface area contributed by atoms with E-state index in [1.54, 1.807) is 14.2 Å². The average molecular weight is 165 g/mol. The summed E-state index contributed by atoms with van der Waals surface area (Å²) in [5.41, 5.74) is 0. The van der Waals surface area contributed by atoms with Gasteiger partial charge in [-0.1, -0.05) is 0 Å². The second-order valence-corrected chi connectivity index (χ2v) is 3.10.